The highest BCUT2D eigenvalue weighted by Crippen LogP contribution is 2.21. The molecule has 0 unspecified atom stereocenters. The average Bonchev–Trinajstić information content (AvgIpc) is 2.79. The van der Waals surface area contributed by atoms with Crippen molar-refractivity contribution in [3.05, 3.63) is 47.4 Å². The van der Waals surface area contributed by atoms with Crippen LogP contribution in [0.1, 0.15) is 18.3 Å². The molecule has 0 fully saturated rings. The van der Waals surface area contributed by atoms with Crippen molar-refractivity contribution in [2.75, 3.05) is 0 Å². The molecular formula is C13H12ClN5. The number of hydrogen-bond donors (Lipinski definition) is 0. The maximum absolute atomic E-state index is 6.07. The van der Waals surface area contributed by atoms with Gasteiger partial charge in [0.05, 0.1) is 0 Å². The monoisotopic (exact) mass is 273 g/mol. The van der Waals surface area contributed by atoms with Crippen LogP contribution in [0, 0.1) is 0 Å². The molecule has 96 valence electrons. The number of nitrogens with zero attached hydrogens (tertiary/aromatic N) is 5. The van der Waals surface area contributed by atoms with Crippen molar-refractivity contribution >= 4 is 22.8 Å². The number of imidazole rings is 1. The van der Waals surface area contributed by atoms with Crippen molar-refractivity contribution in [1.82, 2.24) is 24.5 Å². The molecular weight excluding hydrogens is 262 g/mol. The summed E-state index contributed by atoms with van der Waals surface area (Å²) in [4.78, 5) is 16.8. The van der Waals surface area contributed by atoms with E-state index in [0.717, 1.165) is 30.0 Å². The predicted molar refractivity (Wildman–Crippen MR) is 73.1 cm³/mol. The number of halogens is 1. The fourth-order valence-electron chi connectivity index (χ4n) is 2.10. The van der Waals surface area contributed by atoms with Crippen molar-refractivity contribution < 1.29 is 0 Å². The number of aryl methyl sites for hydroxylation is 1. The Morgan fingerprint density at radius 1 is 1.21 bits per heavy atom. The van der Waals surface area contributed by atoms with Crippen LogP contribution in [0.2, 0.25) is 5.15 Å². The van der Waals surface area contributed by atoms with E-state index in [1.54, 1.807) is 12.4 Å². The average molecular weight is 274 g/mol. The van der Waals surface area contributed by atoms with Gasteiger partial charge in [0.1, 0.15) is 17.7 Å². The molecule has 0 saturated heterocycles. The molecule has 3 heterocycles. The summed E-state index contributed by atoms with van der Waals surface area (Å²) >= 11 is 6.07. The molecule has 3 rings (SSSR count). The van der Waals surface area contributed by atoms with Gasteiger partial charge in [0.25, 0.3) is 0 Å². The largest absolute Gasteiger partial charge is 0.313 e. The quantitative estimate of drug-likeness (QED) is 0.688. The van der Waals surface area contributed by atoms with Gasteiger partial charge in [-0.1, -0.05) is 11.6 Å². The molecule has 19 heavy (non-hydrogen) atoms. The molecule has 0 saturated carbocycles. The van der Waals surface area contributed by atoms with E-state index >= 15 is 0 Å². The van der Waals surface area contributed by atoms with E-state index < -0.39 is 0 Å². The lowest BCUT2D eigenvalue weighted by Gasteiger charge is -2.04. The number of pyridine rings is 1. The lowest BCUT2D eigenvalue weighted by Crippen LogP contribution is -2.03. The standard InChI is InChI=1S/C13H12ClN5/c1-2-19-10(7-9-3-5-15-6-4-9)18-11-12(14)16-8-17-13(11)19/h3-6,8H,2,7H2,1H3. The Morgan fingerprint density at radius 2 is 2.00 bits per heavy atom. The molecule has 0 bridgehead atoms. The third-order valence-electron chi connectivity index (χ3n) is 2.99. The van der Waals surface area contributed by atoms with Crippen LogP contribution in [-0.2, 0) is 13.0 Å². The van der Waals surface area contributed by atoms with Crippen molar-refractivity contribution in [3.8, 4) is 0 Å². The van der Waals surface area contributed by atoms with Gasteiger partial charge >= 0.3 is 0 Å². The number of aromatic nitrogens is 5. The molecule has 0 spiro atoms. The fourth-order valence-corrected chi connectivity index (χ4v) is 2.27. The van der Waals surface area contributed by atoms with Gasteiger partial charge < -0.3 is 4.57 Å². The van der Waals surface area contributed by atoms with E-state index in [2.05, 4.69) is 31.4 Å². The molecule has 0 radical (unpaired) electrons. The maximum Gasteiger partial charge on any atom is 0.164 e. The molecule has 5 nitrogen and oxygen atoms in total. The maximum atomic E-state index is 6.07. The van der Waals surface area contributed by atoms with Gasteiger partial charge in [0.15, 0.2) is 10.8 Å². The Hall–Kier alpha value is -2.01. The first-order valence-electron chi connectivity index (χ1n) is 6.04. The summed E-state index contributed by atoms with van der Waals surface area (Å²) in [6.45, 7) is 2.86. The Kier molecular flexibility index (Phi) is 3.13. The Morgan fingerprint density at radius 3 is 2.74 bits per heavy atom. The van der Waals surface area contributed by atoms with Crippen molar-refractivity contribution in [2.24, 2.45) is 0 Å². The highest BCUT2D eigenvalue weighted by Gasteiger charge is 2.14. The Bertz CT molecular complexity index is 708. The number of rotatable bonds is 3. The minimum atomic E-state index is 0.396. The summed E-state index contributed by atoms with van der Waals surface area (Å²) in [6.07, 6.45) is 5.75. The van der Waals surface area contributed by atoms with Crippen LogP contribution in [0.4, 0.5) is 0 Å². The summed E-state index contributed by atoms with van der Waals surface area (Å²) in [5.74, 6) is 0.936. The Labute approximate surface area is 115 Å². The molecule has 0 atom stereocenters. The molecule has 0 aliphatic rings. The fraction of sp³-hybridized carbons (Fsp3) is 0.231. The smallest absolute Gasteiger partial charge is 0.164 e. The van der Waals surface area contributed by atoms with Gasteiger partial charge in [0, 0.05) is 25.4 Å². The number of hydrogen-bond acceptors (Lipinski definition) is 4. The SMILES string of the molecule is CCn1c(Cc2ccncc2)nc2c(Cl)ncnc21. The van der Waals surface area contributed by atoms with Crippen LogP contribution in [0.15, 0.2) is 30.9 Å². The zero-order valence-electron chi connectivity index (χ0n) is 10.4. The van der Waals surface area contributed by atoms with E-state index in [9.17, 15) is 0 Å². The molecule has 6 heteroatoms. The van der Waals surface area contributed by atoms with Crippen molar-refractivity contribution in [3.63, 3.8) is 0 Å². The molecule has 3 aromatic heterocycles. The van der Waals surface area contributed by atoms with E-state index in [1.165, 1.54) is 6.33 Å². The summed E-state index contributed by atoms with van der Waals surface area (Å²) in [7, 11) is 0. The van der Waals surface area contributed by atoms with Gasteiger partial charge in [-0.25, -0.2) is 15.0 Å². The highest BCUT2D eigenvalue weighted by atomic mass is 35.5. The van der Waals surface area contributed by atoms with Crippen LogP contribution in [0.3, 0.4) is 0 Å². The van der Waals surface area contributed by atoms with E-state index in [1.807, 2.05) is 12.1 Å². The second kappa shape index (κ2) is 4.93. The first kappa shape index (κ1) is 12.0. The number of fused-ring (bicyclic) bond motifs is 1. The van der Waals surface area contributed by atoms with Crippen LogP contribution in [0.25, 0.3) is 11.2 Å². The third kappa shape index (κ3) is 2.17. The normalized spacial score (nSPS) is 11.1. The first-order valence-corrected chi connectivity index (χ1v) is 6.42. The molecule has 0 aliphatic carbocycles. The van der Waals surface area contributed by atoms with Crippen LogP contribution >= 0.6 is 11.6 Å². The van der Waals surface area contributed by atoms with Gasteiger partial charge in [-0.15, -0.1) is 0 Å². The van der Waals surface area contributed by atoms with Crippen LogP contribution in [-0.4, -0.2) is 24.5 Å². The Balaban J connectivity index is 2.11. The summed E-state index contributed by atoms with van der Waals surface area (Å²) < 4.78 is 2.06. The molecule has 3 aromatic rings. The van der Waals surface area contributed by atoms with Crippen LogP contribution < -0.4 is 0 Å². The van der Waals surface area contributed by atoms with Crippen molar-refractivity contribution in [2.45, 2.75) is 19.9 Å². The molecule has 0 N–H and O–H groups in total. The third-order valence-corrected chi connectivity index (χ3v) is 3.27. The second-order valence-corrected chi connectivity index (χ2v) is 4.50. The van der Waals surface area contributed by atoms with Crippen LogP contribution in [0.5, 0.6) is 0 Å². The summed E-state index contributed by atoms with van der Waals surface area (Å²) in [5.41, 5.74) is 2.60. The van der Waals surface area contributed by atoms with E-state index in [4.69, 9.17) is 11.6 Å². The van der Waals surface area contributed by atoms with E-state index in [-0.39, 0.29) is 0 Å². The topological polar surface area (TPSA) is 56.5 Å². The minimum absolute atomic E-state index is 0.396. The summed E-state index contributed by atoms with van der Waals surface area (Å²) in [5, 5.41) is 0.396. The zero-order valence-corrected chi connectivity index (χ0v) is 11.2. The lowest BCUT2D eigenvalue weighted by molar-refractivity contribution is 0.726. The molecule has 0 aromatic carbocycles. The minimum Gasteiger partial charge on any atom is -0.313 e. The summed E-state index contributed by atoms with van der Waals surface area (Å²) in [6, 6.07) is 3.96. The first-order chi connectivity index (χ1) is 9.29. The second-order valence-electron chi connectivity index (χ2n) is 4.14. The lowest BCUT2D eigenvalue weighted by atomic mass is 10.2. The van der Waals surface area contributed by atoms with Gasteiger partial charge in [-0.3, -0.25) is 4.98 Å². The van der Waals surface area contributed by atoms with Gasteiger partial charge in [0.2, 0.25) is 0 Å². The predicted octanol–water partition coefficient (Wildman–Crippen LogP) is 2.49. The van der Waals surface area contributed by atoms with Gasteiger partial charge in [-0.05, 0) is 24.6 Å². The molecule has 0 amide bonds. The molecule has 0 aliphatic heterocycles. The van der Waals surface area contributed by atoms with Gasteiger partial charge in [-0.2, -0.15) is 0 Å². The van der Waals surface area contributed by atoms with E-state index in [0.29, 0.717) is 10.7 Å². The van der Waals surface area contributed by atoms with Crippen molar-refractivity contribution in [1.29, 1.82) is 0 Å². The zero-order chi connectivity index (χ0) is 13.2. The highest BCUT2D eigenvalue weighted by molar-refractivity contribution is 6.33.